The van der Waals surface area contributed by atoms with Gasteiger partial charge in [-0.1, -0.05) is 5.21 Å². The lowest BCUT2D eigenvalue weighted by atomic mass is 10.1. The third kappa shape index (κ3) is 4.44. The maximum Gasteiger partial charge on any atom is 0.242 e. The first-order chi connectivity index (χ1) is 8.42. The van der Waals surface area contributed by atoms with Crippen molar-refractivity contribution in [2.75, 3.05) is 0 Å². The SMILES string of the molecule is CC(C)(C)NC(=O)Cn1cc(CNC2CC2)nn1. The molecule has 6 nitrogen and oxygen atoms in total. The highest BCUT2D eigenvalue weighted by atomic mass is 16.2. The summed E-state index contributed by atoms with van der Waals surface area (Å²) in [5.74, 6) is -0.0471. The van der Waals surface area contributed by atoms with E-state index in [2.05, 4.69) is 20.9 Å². The Bertz CT molecular complexity index is 416. The Morgan fingerprint density at radius 2 is 2.22 bits per heavy atom. The van der Waals surface area contributed by atoms with Crippen molar-refractivity contribution in [3.05, 3.63) is 11.9 Å². The minimum Gasteiger partial charge on any atom is -0.350 e. The van der Waals surface area contributed by atoms with Crippen LogP contribution in [0.4, 0.5) is 0 Å². The molecule has 1 saturated carbocycles. The first kappa shape index (κ1) is 13.0. The molecule has 1 aliphatic carbocycles. The molecule has 0 bridgehead atoms. The van der Waals surface area contributed by atoms with E-state index in [0.29, 0.717) is 6.04 Å². The fraction of sp³-hybridized carbons (Fsp3) is 0.750. The van der Waals surface area contributed by atoms with E-state index >= 15 is 0 Å². The zero-order valence-corrected chi connectivity index (χ0v) is 11.2. The predicted octanol–water partition coefficient (Wildman–Crippen LogP) is 0.445. The van der Waals surface area contributed by atoms with Gasteiger partial charge in [0.2, 0.25) is 5.91 Å². The normalized spacial score (nSPS) is 15.7. The summed E-state index contributed by atoms with van der Waals surface area (Å²) in [6.45, 7) is 6.81. The highest BCUT2D eigenvalue weighted by Crippen LogP contribution is 2.18. The maximum absolute atomic E-state index is 11.7. The van der Waals surface area contributed by atoms with Crippen LogP contribution in [0.1, 0.15) is 39.3 Å². The van der Waals surface area contributed by atoms with Crippen LogP contribution >= 0.6 is 0 Å². The van der Waals surface area contributed by atoms with Crippen molar-refractivity contribution in [2.45, 2.75) is 58.3 Å². The summed E-state index contributed by atoms with van der Waals surface area (Å²) in [7, 11) is 0. The standard InChI is InChI=1S/C12H21N5O/c1-12(2,3)14-11(18)8-17-7-10(15-16-17)6-13-9-4-5-9/h7,9,13H,4-6,8H2,1-3H3,(H,14,18). The van der Waals surface area contributed by atoms with Crippen molar-refractivity contribution in [1.29, 1.82) is 0 Å². The first-order valence-corrected chi connectivity index (χ1v) is 6.36. The number of carbonyl (C=O) groups excluding carboxylic acids is 1. The number of aromatic nitrogens is 3. The van der Waals surface area contributed by atoms with Crippen molar-refractivity contribution < 1.29 is 4.79 Å². The molecule has 2 N–H and O–H groups in total. The Morgan fingerprint density at radius 3 is 2.83 bits per heavy atom. The Balaban J connectivity index is 1.79. The number of rotatable bonds is 5. The van der Waals surface area contributed by atoms with Crippen LogP contribution < -0.4 is 10.6 Å². The van der Waals surface area contributed by atoms with E-state index in [0.717, 1.165) is 12.2 Å². The summed E-state index contributed by atoms with van der Waals surface area (Å²) in [6.07, 6.45) is 4.32. The van der Waals surface area contributed by atoms with Crippen LogP contribution in [0.5, 0.6) is 0 Å². The van der Waals surface area contributed by atoms with Gasteiger partial charge in [0.25, 0.3) is 0 Å². The zero-order valence-electron chi connectivity index (χ0n) is 11.2. The molecule has 1 aromatic rings. The van der Waals surface area contributed by atoms with Gasteiger partial charge in [0.1, 0.15) is 6.54 Å². The van der Waals surface area contributed by atoms with E-state index in [9.17, 15) is 4.79 Å². The molecule has 0 aromatic carbocycles. The lowest BCUT2D eigenvalue weighted by molar-refractivity contribution is -0.123. The molecule has 0 aliphatic heterocycles. The molecule has 0 spiro atoms. The lowest BCUT2D eigenvalue weighted by Crippen LogP contribution is -2.42. The maximum atomic E-state index is 11.7. The monoisotopic (exact) mass is 251 g/mol. The predicted molar refractivity (Wildman–Crippen MR) is 67.8 cm³/mol. The first-order valence-electron chi connectivity index (χ1n) is 6.36. The van der Waals surface area contributed by atoms with Crippen molar-refractivity contribution in [1.82, 2.24) is 25.6 Å². The van der Waals surface area contributed by atoms with Crippen LogP contribution in [0.2, 0.25) is 0 Å². The molecular formula is C12H21N5O. The summed E-state index contributed by atoms with van der Waals surface area (Å²) >= 11 is 0. The second-order valence-electron chi connectivity index (χ2n) is 5.86. The number of hydrogen-bond acceptors (Lipinski definition) is 4. The molecule has 1 aromatic heterocycles. The van der Waals surface area contributed by atoms with E-state index in [-0.39, 0.29) is 18.0 Å². The van der Waals surface area contributed by atoms with Crippen LogP contribution in [0, 0.1) is 0 Å². The van der Waals surface area contributed by atoms with Gasteiger partial charge in [-0.3, -0.25) is 4.79 Å². The molecule has 6 heteroatoms. The molecular weight excluding hydrogens is 230 g/mol. The fourth-order valence-electron chi connectivity index (χ4n) is 1.64. The van der Waals surface area contributed by atoms with E-state index in [1.54, 1.807) is 4.68 Å². The Hall–Kier alpha value is -1.43. The minimum absolute atomic E-state index is 0.0471. The van der Waals surface area contributed by atoms with Gasteiger partial charge < -0.3 is 10.6 Å². The summed E-state index contributed by atoms with van der Waals surface area (Å²) in [5, 5.41) is 14.2. The quantitative estimate of drug-likeness (QED) is 0.797. The van der Waals surface area contributed by atoms with Gasteiger partial charge in [0.15, 0.2) is 0 Å². The highest BCUT2D eigenvalue weighted by molar-refractivity contribution is 5.76. The Labute approximate surface area is 107 Å². The number of hydrogen-bond donors (Lipinski definition) is 2. The van der Waals surface area contributed by atoms with Gasteiger partial charge in [-0.2, -0.15) is 0 Å². The zero-order chi connectivity index (χ0) is 13.2. The van der Waals surface area contributed by atoms with Crippen molar-refractivity contribution in [3.63, 3.8) is 0 Å². The van der Waals surface area contributed by atoms with Gasteiger partial charge in [-0.25, -0.2) is 4.68 Å². The number of carbonyl (C=O) groups is 1. The number of nitrogens with zero attached hydrogens (tertiary/aromatic N) is 3. The summed E-state index contributed by atoms with van der Waals surface area (Å²) in [4.78, 5) is 11.7. The number of amides is 1. The van der Waals surface area contributed by atoms with Gasteiger partial charge in [0, 0.05) is 18.1 Å². The third-order valence-corrected chi connectivity index (χ3v) is 2.56. The van der Waals surface area contributed by atoms with E-state index < -0.39 is 0 Å². The van der Waals surface area contributed by atoms with Crippen LogP contribution in [0.25, 0.3) is 0 Å². The topological polar surface area (TPSA) is 71.8 Å². The van der Waals surface area contributed by atoms with Crippen molar-refractivity contribution in [2.24, 2.45) is 0 Å². The molecule has 0 unspecified atom stereocenters. The Morgan fingerprint density at radius 1 is 1.50 bits per heavy atom. The minimum atomic E-state index is -0.214. The van der Waals surface area contributed by atoms with E-state index in [1.807, 2.05) is 27.0 Å². The Kier molecular flexibility index (Phi) is 3.65. The molecule has 0 atom stereocenters. The van der Waals surface area contributed by atoms with Crippen LogP contribution in [-0.4, -0.2) is 32.5 Å². The second kappa shape index (κ2) is 5.06. The van der Waals surface area contributed by atoms with Gasteiger partial charge >= 0.3 is 0 Å². The van der Waals surface area contributed by atoms with Crippen LogP contribution in [0.15, 0.2) is 6.20 Å². The van der Waals surface area contributed by atoms with E-state index in [4.69, 9.17) is 0 Å². The van der Waals surface area contributed by atoms with Gasteiger partial charge in [0.05, 0.1) is 11.9 Å². The lowest BCUT2D eigenvalue weighted by Gasteiger charge is -2.20. The molecule has 0 radical (unpaired) electrons. The third-order valence-electron chi connectivity index (χ3n) is 2.56. The molecule has 18 heavy (non-hydrogen) atoms. The highest BCUT2D eigenvalue weighted by Gasteiger charge is 2.20. The molecule has 100 valence electrons. The summed E-state index contributed by atoms with van der Waals surface area (Å²) in [6, 6.07) is 0.652. The average molecular weight is 251 g/mol. The molecule has 1 aliphatic rings. The number of nitrogens with one attached hydrogen (secondary N) is 2. The average Bonchev–Trinajstić information content (AvgIpc) is 2.94. The van der Waals surface area contributed by atoms with Crippen LogP contribution in [-0.2, 0) is 17.9 Å². The summed E-state index contributed by atoms with van der Waals surface area (Å²) < 4.78 is 1.57. The largest absolute Gasteiger partial charge is 0.350 e. The van der Waals surface area contributed by atoms with Gasteiger partial charge in [-0.05, 0) is 33.6 Å². The van der Waals surface area contributed by atoms with Crippen LogP contribution in [0.3, 0.4) is 0 Å². The molecule has 1 heterocycles. The van der Waals surface area contributed by atoms with E-state index in [1.165, 1.54) is 12.8 Å². The molecule has 2 rings (SSSR count). The summed E-state index contributed by atoms with van der Waals surface area (Å²) in [5.41, 5.74) is 0.666. The fourth-order valence-corrected chi connectivity index (χ4v) is 1.64. The van der Waals surface area contributed by atoms with Crippen molar-refractivity contribution in [3.8, 4) is 0 Å². The smallest absolute Gasteiger partial charge is 0.242 e. The molecule has 1 amide bonds. The molecule has 0 saturated heterocycles. The van der Waals surface area contributed by atoms with Crippen molar-refractivity contribution >= 4 is 5.91 Å². The van der Waals surface area contributed by atoms with Gasteiger partial charge in [-0.15, -0.1) is 5.10 Å². The second-order valence-corrected chi connectivity index (χ2v) is 5.86. The molecule has 1 fully saturated rings.